The van der Waals surface area contributed by atoms with Gasteiger partial charge in [-0.2, -0.15) is 0 Å². The van der Waals surface area contributed by atoms with Crippen LogP contribution in [0.1, 0.15) is 73.4 Å². The van der Waals surface area contributed by atoms with E-state index in [4.69, 9.17) is 10.5 Å². The number of amides is 2. The van der Waals surface area contributed by atoms with E-state index >= 15 is 0 Å². The second-order valence-corrected chi connectivity index (χ2v) is 11.8. The van der Waals surface area contributed by atoms with E-state index in [2.05, 4.69) is 96.8 Å². The molecule has 3 aromatic carbocycles. The lowest BCUT2D eigenvalue weighted by atomic mass is 9.75. The Balaban J connectivity index is 1.56. The third kappa shape index (κ3) is 5.79. The first-order chi connectivity index (χ1) is 19.6. The minimum absolute atomic E-state index is 0.138. The minimum atomic E-state index is -0.666. The number of nitrogens with one attached hydrogen (secondary N) is 1. The van der Waals surface area contributed by atoms with Crippen LogP contribution in [-0.4, -0.2) is 44.1 Å². The third-order valence-electron chi connectivity index (χ3n) is 8.44. The Morgan fingerprint density at radius 3 is 2.66 bits per heavy atom. The van der Waals surface area contributed by atoms with Crippen molar-refractivity contribution in [2.75, 3.05) is 6.54 Å². The summed E-state index contributed by atoms with van der Waals surface area (Å²) in [6.45, 7) is 15.8. The molecule has 0 radical (unpaired) electrons. The van der Waals surface area contributed by atoms with Gasteiger partial charge in [0.1, 0.15) is 17.4 Å². The van der Waals surface area contributed by atoms with Crippen molar-refractivity contribution in [1.82, 2.24) is 25.2 Å². The molecule has 0 bridgehead atoms. The highest BCUT2D eigenvalue weighted by atomic mass is 16.5. The Bertz CT molecular complexity index is 1560. The molecule has 8 nitrogen and oxygen atoms in total. The van der Waals surface area contributed by atoms with Gasteiger partial charge in [-0.3, -0.25) is 4.90 Å². The number of primary amides is 1. The zero-order valence-corrected chi connectivity index (χ0v) is 25.1. The van der Waals surface area contributed by atoms with E-state index in [0.717, 1.165) is 66.1 Å². The first kappa shape index (κ1) is 28.6. The van der Waals surface area contributed by atoms with Crippen LogP contribution in [0.5, 0.6) is 5.75 Å². The molecule has 216 valence electrons. The molecule has 0 spiro atoms. The number of hydrogen-bond acceptors (Lipinski definition) is 5. The second kappa shape index (κ2) is 11.5. The van der Waals surface area contributed by atoms with Crippen LogP contribution in [0.4, 0.5) is 4.79 Å². The average molecular weight is 555 g/mol. The molecule has 41 heavy (non-hydrogen) atoms. The van der Waals surface area contributed by atoms with E-state index in [1.54, 1.807) is 0 Å². The molecule has 2 amide bonds. The molecule has 4 aromatic rings. The SMILES string of the molecule is CC[C@@H]1CN(Cc2cc([C@@H](c3ccc4c(nnn4CC)c3C)C(C)(C)NC(N)=O)ccc2C)Cc2ccccc2O1. The molecule has 5 rings (SSSR count). The van der Waals surface area contributed by atoms with Crippen molar-refractivity contribution in [2.24, 2.45) is 5.73 Å². The van der Waals surface area contributed by atoms with E-state index in [0.29, 0.717) is 0 Å². The normalized spacial score (nSPS) is 16.6. The number of fused-ring (bicyclic) bond motifs is 2. The molecule has 0 saturated carbocycles. The Kier molecular flexibility index (Phi) is 8.04. The van der Waals surface area contributed by atoms with Crippen LogP contribution >= 0.6 is 0 Å². The van der Waals surface area contributed by atoms with Crippen molar-refractivity contribution in [3.8, 4) is 5.75 Å². The summed E-state index contributed by atoms with van der Waals surface area (Å²) in [4.78, 5) is 14.6. The molecule has 1 aromatic heterocycles. The Morgan fingerprint density at radius 2 is 1.93 bits per heavy atom. The fraction of sp³-hybridized carbons (Fsp3) is 0.424. The predicted molar refractivity (Wildman–Crippen MR) is 163 cm³/mol. The predicted octanol–water partition coefficient (Wildman–Crippen LogP) is 5.82. The zero-order chi connectivity index (χ0) is 29.3. The van der Waals surface area contributed by atoms with Gasteiger partial charge < -0.3 is 15.8 Å². The van der Waals surface area contributed by atoms with E-state index < -0.39 is 11.6 Å². The molecule has 0 fully saturated rings. The topological polar surface area (TPSA) is 98.3 Å². The highest BCUT2D eigenvalue weighted by molar-refractivity contribution is 5.80. The quantitative estimate of drug-likeness (QED) is 0.286. The number of carbonyl (C=O) groups excluding carboxylic acids is 1. The van der Waals surface area contributed by atoms with E-state index in [-0.39, 0.29) is 12.0 Å². The molecule has 0 unspecified atom stereocenters. The molecule has 0 saturated heterocycles. The van der Waals surface area contributed by atoms with Crippen molar-refractivity contribution in [3.05, 3.63) is 88.0 Å². The highest BCUT2D eigenvalue weighted by Crippen LogP contribution is 2.39. The van der Waals surface area contributed by atoms with E-state index in [1.807, 2.05) is 24.6 Å². The number of carbonyl (C=O) groups is 1. The molecule has 1 aliphatic rings. The van der Waals surface area contributed by atoms with Crippen LogP contribution < -0.4 is 15.8 Å². The molecule has 2 heterocycles. The van der Waals surface area contributed by atoms with Crippen molar-refractivity contribution in [3.63, 3.8) is 0 Å². The molecule has 0 aliphatic carbocycles. The summed E-state index contributed by atoms with van der Waals surface area (Å²) >= 11 is 0. The molecule has 8 heteroatoms. The molecular formula is C33H42N6O2. The molecule has 3 N–H and O–H groups in total. The van der Waals surface area contributed by atoms with Crippen LogP contribution in [0, 0.1) is 13.8 Å². The zero-order valence-electron chi connectivity index (χ0n) is 25.1. The summed E-state index contributed by atoms with van der Waals surface area (Å²) < 4.78 is 8.26. The largest absolute Gasteiger partial charge is 0.489 e. The Hall–Kier alpha value is -3.91. The van der Waals surface area contributed by atoms with Gasteiger partial charge in [-0.25, -0.2) is 9.48 Å². The van der Waals surface area contributed by atoms with Crippen LogP contribution in [-0.2, 0) is 19.6 Å². The van der Waals surface area contributed by atoms with Gasteiger partial charge >= 0.3 is 6.03 Å². The van der Waals surface area contributed by atoms with E-state index in [1.165, 1.54) is 16.7 Å². The molecular weight excluding hydrogens is 512 g/mol. The highest BCUT2D eigenvalue weighted by Gasteiger charge is 2.35. The summed E-state index contributed by atoms with van der Waals surface area (Å²) in [7, 11) is 0. The van der Waals surface area contributed by atoms with Gasteiger partial charge in [0.15, 0.2) is 0 Å². The number of nitrogens with two attached hydrogens (primary N) is 1. The number of para-hydroxylation sites is 1. The number of ether oxygens (including phenoxy) is 1. The fourth-order valence-electron chi connectivity index (χ4n) is 6.28. The lowest BCUT2D eigenvalue weighted by Gasteiger charge is -2.37. The number of rotatable bonds is 8. The lowest BCUT2D eigenvalue weighted by molar-refractivity contribution is 0.139. The van der Waals surface area contributed by atoms with Crippen molar-refractivity contribution < 1.29 is 9.53 Å². The number of hydrogen-bond donors (Lipinski definition) is 2. The maximum Gasteiger partial charge on any atom is 0.312 e. The van der Waals surface area contributed by atoms with Crippen LogP contribution in [0.3, 0.4) is 0 Å². The van der Waals surface area contributed by atoms with Gasteiger partial charge in [-0.05, 0) is 81.0 Å². The summed E-state index contributed by atoms with van der Waals surface area (Å²) in [5.41, 5.74) is 13.9. The maximum atomic E-state index is 12.2. The van der Waals surface area contributed by atoms with E-state index in [9.17, 15) is 4.79 Å². The van der Waals surface area contributed by atoms with Crippen LogP contribution in [0.15, 0.2) is 54.6 Å². The number of aryl methyl sites for hydroxylation is 3. The van der Waals surface area contributed by atoms with Crippen LogP contribution in [0.25, 0.3) is 11.0 Å². The van der Waals surface area contributed by atoms with Gasteiger partial charge in [0, 0.05) is 43.2 Å². The number of urea groups is 1. The summed E-state index contributed by atoms with van der Waals surface area (Å²) in [5, 5.41) is 11.9. The van der Waals surface area contributed by atoms with Gasteiger partial charge in [0.05, 0.1) is 5.52 Å². The fourth-order valence-corrected chi connectivity index (χ4v) is 6.28. The van der Waals surface area contributed by atoms with Crippen molar-refractivity contribution >= 4 is 17.1 Å². The number of benzene rings is 3. The van der Waals surface area contributed by atoms with Gasteiger partial charge in [-0.15, -0.1) is 5.10 Å². The average Bonchev–Trinajstić information content (AvgIpc) is 3.26. The molecule has 1 aliphatic heterocycles. The standard InChI is InChI=1S/C33H42N6O2/c1-7-26-20-38(18-24-11-9-10-12-29(24)41-26)19-25-17-23(14-13-21(25)3)30(33(5,6)35-32(34)40)27-15-16-28-31(22(27)4)36-37-39(28)8-2/h9-17,26,30H,7-8,18-20H2,1-6H3,(H3,34,35,40)/t26-,30+/m1/s1. The summed E-state index contributed by atoms with van der Waals surface area (Å²) in [6.07, 6.45) is 1.09. The number of aromatic nitrogens is 3. The minimum Gasteiger partial charge on any atom is -0.489 e. The molecule has 2 atom stereocenters. The smallest absolute Gasteiger partial charge is 0.312 e. The second-order valence-electron chi connectivity index (χ2n) is 11.8. The monoisotopic (exact) mass is 554 g/mol. The van der Waals surface area contributed by atoms with Crippen molar-refractivity contribution in [1.29, 1.82) is 0 Å². The Labute approximate surface area is 242 Å². The first-order valence-electron chi connectivity index (χ1n) is 14.6. The number of nitrogens with zero attached hydrogens (tertiary/aromatic N) is 4. The van der Waals surface area contributed by atoms with Crippen LogP contribution in [0.2, 0.25) is 0 Å². The van der Waals surface area contributed by atoms with Crippen molar-refractivity contribution in [2.45, 2.75) is 85.2 Å². The maximum absolute atomic E-state index is 12.2. The summed E-state index contributed by atoms with van der Waals surface area (Å²) in [5.74, 6) is 0.819. The van der Waals surface area contributed by atoms with Gasteiger partial charge in [0.2, 0.25) is 0 Å². The first-order valence-corrected chi connectivity index (χ1v) is 14.6. The Morgan fingerprint density at radius 1 is 1.15 bits per heavy atom. The lowest BCUT2D eigenvalue weighted by Crippen LogP contribution is -2.50. The van der Waals surface area contributed by atoms with Gasteiger partial charge in [-0.1, -0.05) is 54.6 Å². The van der Waals surface area contributed by atoms with Gasteiger partial charge in [0.25, 0.3) is 0 Å². The third-order valence-corrected chi connectivity index (χ3v) is 8.44. The summed E-state index contributed by atoms with van der Waals surface area (Å²) in [6, 6.07) is 18.7.